The number of hydrogen-bond donors (Lipinski definition) is 0. The lowest BCUT2D eigenvalue weighted by atomic mass is 10.0. The Morgan fingerprint density at radius 1 is 1.09 bits per heavy atom. The van der Waals surface area contributed by atoms with Gasteiger partial charge in [-0.1, -0.05) is 48.5 Å². The Balaban J connectivity index is 1.76. The maximum Gasteiger partial charge on any atom is 0.255 e. The first-order valence-electron chi connectivity index (χ1n) is 11.2. The highest BCUT2D eigenvalue weighted by Crippen LogP contribution is 2.27. The Morgan fingerprint density at radius 3 is 2.52 bits per heavy atom. The number of carbonyl (C=O) groups is 1. The number of pyridine rings is 1. The zero-order valence-corrected chi connectivity index (χ0v) is 19.9. The minimum absolute atomic E-state index is 0.0205. The minimum atomic E-state index is -0.0606. The van der Waals surface area contributed by atoms with E-state index in [1.54, 1.807) is 11.8 Å². The molecule has 0 saturated heterocycles. The van der Waals surface area contributed by atoms with Crippen LogP contribution < -0.4 is 4.74 Å². The Morgan fingerprint density at radius 2 is 1.79 bits per heavy atom. The Hall–Kier alpha value is -3.67. The highest BCUT2D eigenvalue weighted by molar-refractivity contribution is 6.06. The van der Waals surface area contributed by atoms with Gasteiger partial charge in [-0.2, -0.15) is 5.10 Å². The standard InChI is InChI=1S/C27H30N4O2/c1-18-15-23(25-20(3)29-30(4)26(25)28-18)27(32)31(17-21-11-7-6-8-12-21)19(2)16-22-13-9-10-14-24(22)33-5/h6-15,19H,16-17H2,1-5H3/t19-/m0/s1. The average molecular weight is 443 g/mol. The molecule has 0 saturated carbocycles. The summed E-state index contributed by atoms with van der Waals surface area (Å²) in [4.78, 5) is 20.7. The van der Waals surface area contributed by atoms with E-state index in [4.69, 9.17) is 4.74 Å². The molecule has 0 aliphatic heterocycles. The van der Waals surface area contributed by atoms with Gasteiger partial charge in [0.05, 0.1) is 23.8 Å². The largest absolute Gasteiger partial charge is 0.496 e. The number of aromatic nitrogens is 3. The van der Waals surface area contributed by atoms with Gasteiger partial charge >= 0.3 is 0 Å². The second-order valence-electron chi connectivity index (χ2n) is 8.50. The molecule has 0 fully saturated rings. The van der Waals surface area contributed by atoms with Gasteiger partial charge in [0.15, 0.2) is 5.65 Å². The Labute approximate surface area is 194 Å². The predicted octanol–water partition coefficient (Wildman–Crippen LogP) is 4.87. The van der Waals surface area contributed by atoms with Crippen molar-refractivity contribution in [2.45, 2.75) is 39.8 Å². The molecule has 0 radical (unpaired) electrons. The highest BCUT2D eigenvalue weighted by atomic mass is 16.5. The van der Waals surface area contributed by atoms with Crippen molar-refractivity contribution < 1.29 is 9.53 Å². The fourth-order valence-electron chi connectivity index (χ4n) is 4.40. The minimum Gasteiger partial charge on any atom is -0.496 e. The van der Waals surface area contributed by atoms with Crippen LogP contribution in [0, 0.1) is 13.8 Å². The summed E-state index contributed by atoms with van der Waals surface area (Å²) in [6.45, 7) is 6.45. The number of ether oxygens (including phenoxy) is 1. The van der Waals surface area contributed by atoms with E-state index in [0.717, 1.165) is 39.3 Å². The van der Waals surface area contributed by atoms with Crippen molar-refractivity contribution >= 4 is 16.9 Å². The molecule has 6 heteroatoms. The number of para-hydroxylation sites is 1. The van der Waals surface area contributed by atoms with E-state index in [2.05, 4.69) is 35.2 Å². The molecule has 4 aromatic rings. The summed E-state index contributed by atoms with van der Waals surface area (Å²) in [5, 5.41) is 5.34. The van der Waals surface area contributed by atoms with E-state index in [-0.39, 0.29) is 11.9 Å². The lowest BCUT2D eigenvalue weighted by Crippen LogP contribution is -2.39. The second-order valence-corrected chi connectivity index (χ2v) is 8.50. The van der Waals surface area contributed by atoms with Crippen molar-refractivity contribution in [1.29, 1.82) is 0 Å². The number of aryl methyl sites for hydroxylation is 3. The molecule has 2 heterocycles. The van der Waals surface area contributed by atoms with Gasteiger partial charge in [-0.05, 0) is 50.5 Å². The molecular formula is C27H30N4O2. The maximum atomic E-state index is 14.1. The van der Waals surface area contributed by atoms with Crippen molar-refractivity contribution in [3.8, 4) is 5.75 Å². The number of benzene rings is 2. The molecule has 0 aliphatic carbocycles. The average Bonchev–Trinajstić information content (AvgIpc) is 3.10. The number of rotatable bonds is 7. The van der Waals surface area contributed by atoms with Crippen LogP contribution in [0.2, 0.25) is 0 Å². The van der Waals surface area contributed by atoms with E-state index in [0.29, 0.717) is 18.5 Å². The predicted molar refractivity (Wildman–Crippen MR) is 130 cm³/mol. The van der Waals surface area contributed by atoms with E-state index < -0.39 is 0 Å². The molecule has 0 unspecified atom stereocenters. The summed E-state index contributed by atoms with van der Waals surface area (Å²) in [5.74, 6) is 0.814. The molecule has 6 nitrogen and oxygen atoms in total. The molecule has 170 valence electrons. The van der Waals surface area contributed by atoms with Crippen LogP contribution in [0.1, 0.15) is 39.8 Å². The number of nitrogens with zero attached hydrogens (tertiary/aromatic N) is 4. The Bertz CT molecular complexity index is 1280. The third-order valence-corrected chi connectivity index (χ3v) is 6.02. The summed E-state index contributed by atoms with van der Waals surface area (Å²) in [5.41, 5.74) is 5.14. The second kappa shape index (κ2) is 9.45. The summed E-state index contributed by atoms with van der Waals surface area (Å²) < 4.78 is 7.30. The number of fused-ring (bicyclic) bond motifs is 1. The maximum absolute atomic E-state index is 14.1. The van der Waals surface area contributed by atoms with Gasteiger partial charge in [-0.3, -0.25) is 9.48 Å². The number of methoxy groups -OCH3 is 1. The number of hydrogen-bond acceptors (Lipinski definition) is 4. The van der Waals surface area contributed by atoms with Crippen LogP contribution in [0.3, 0.4) is 0 Å². The van der Waals surface area contributed by atoms with E-state index in [1.165, 1.54) is 0 Å². The molecule has 0 bridgehead atoms. The van der Waals surface area contributed by atoms with E-state index in [1.807, 2.05) is 68.3 Å². The first kappa shape index (κ1) is 22.5. The molecular weight excluding hydrogens is 412 g/mol. The van der Waals surface area contributed by atoms with Gasteiger partial charge < -0.3 is 9.64 Å². The Kier molecular flexibility index (Phi) is 6.45. The van der Waals surface area contributed by atoms with E-state index in [9.17, 15) is 4.79 Å². The zero-order chi connectivity index (χ0) is 23.5. The first-order chi connectivity index (χ1) is 15.9. The third kappa shape index (κ3) is 4.60. The summed E-state index contributed by atoms with van der Waals surface area (Å²) in [6.07, 6.45) is 0.682. The van der Waals surface area contributed by atoms with Crippen molar-refractivity contribution in [2.24, 2.45) is 7.05 Å². The zero-order valence-electron chi connectivity index (χ0n) is 19.9. The smallest absolute Gasteiger partial charge is 0.255 e. The molecule has 0 N–H and O–H groups in total. The van der Waals surface area contributed by atoms with Gasteiger partial charge in [0, 0.05) is 25.3 Å². The van der Waals surface area contributed by atoms with Crippen LogP contribution in [0.5, 0.6) is 5.75 Å². The SMILES string of the molecule is COc1ccccc1C[C@H](C)N(Cc1ccccc1)C(=O)c1cc(C)nc2c1c(C)nn2C. The van der Waals surface area contributed by atoms with Gasteiger partial charge in [0.1, 0.15) is 5.75 Å². The molecule has 33 heavy (non-hydrogen) atoms. The number of amides is 1. The van der Waals surface area contributed by atoms with Gasteiger partial charge in [-0.15, -0.1) is 0 Å². The first-order valence-corrected chi connectivity index (χ1v) is 11.2. The van der Waals surface area contributed by atoms with Crippen LogP contribution in [-0.4, -0.2) is 38.7 Å². The third-order valence-electron chi connectivity index (χ3n) is 6.02. The van der Waals surface area contributed by atoms with Crippen LogP contribution in [0.15, 0.2) is 60.7 Å². The van der Waals surface area contributed by atoms with Gasteiger partial charge in [0.25, 0.3) is 5.91 Å². The van der Waals surface area contributed by atoms with Crippen LogP contribution >= 0.6 is 0 Å². The number of carbonyl (C=O) groups excluding carboxylic acids is 1. The van der Waals surface area contributed by atoms with Crippen molar-refractivity contribution in [1.82, 2.24) is 19.7 Å². The van der Waals surface area contributed by atoms with Crippen molar-refractivity contribution in [3.63, 3.8) is 0 Å². The topological polar surface area (TPSA) is 60.2 Å². The molecule has 2 aromatic heterocycles. The van der Waals surface area contributed by atoms with Crippen LogP contribution in [-0.2, 0) is 20.0 Å². The quantitative estimate of drug-likeness (QED) is 0.410. The normalized spacial score (nSPS) is 12.0. The van der Waals surface area contributed by atoms with Crippen molar-refractivity contribution in [3.05, 3.63) is 88.7 Å². The molecule has 0 aliphatic rings. The molecule has 1 atom stereocenters. The van der Waals surface area contributed by atoms with Crippen molar-refractivity contribution in [2.75, 3.05) is 7.11 Å². The molecule has 0 spiro atoms. The molecule has 2 aromatic carbocycles. The van der Waals surface area contributed by atoms with Crippen LogP contribution in [0.25, 0.3) is 11.0 Å². The fraction of sp³-hybridized carbons (Fsp3) is 0.296. The summed E-state index contributed by atoms with van der Waals surface area (Å²) >= 11 is 0. The van der Waals surface area contributed by atoms with Gasteiger partial charge in [0.2, 0.25) is 0 Å². The van der Waals surface area contributed by atoms with E-state index >= 15 is 0 Å². The van der Waals surface area contributed by atoms with Crippen LogP contribution in [0.4, 0.5) is 0 Å². The molecule has 1 amide bonds. The lowest BCUT2D eigenvalue weighted by Gasteiger charge is -2.30. The monoisotopic (exact) mass is 442 g/mol. The lowest BCUT2D eigenvalue weighted by molar-refractivity contribution is 0.0676. The highest BCUT2D eigenvalue weighted by Gasteiger charge is 2.26. The summed E-state index contributed by atoms with van der Waals surface area (Å²) in [6, 6.07) is 19.9. The summed E-state index contributed by atoms with van der Waals surface area (Å²) in [7, 11) is 3.54. The van der Waals surface area contributed by atoms with Gasteiger partial charge in [-0.25, -0.2) is 4.98 Å². The fourth-order valence-corrected chi connectivity index (χ4v) is 4.40. The molecule has 4 rings (SSSR count).